The van der Waals surface area contributed by atoms with E-state index in [4.69, 9.17) is 9.47 Å². The molecule has 0 aromatic carbocycles. The van der Waals surface area contributed by atoms with E-state index in [1.807, 2.05) is 0 Å². The van der Waals surface area contributed by atoms with Crippen LogP contribution < -0.4 is 5.32 Å². The minimum Gasteiger partial charge on any atom is -0.394 e. The maximum absolute atomic E-state index is 13.0. The molecule has 1 amide bonds. The Morgan fingerprint density at radius 1 is 0.508 bits per heavy atom. The Balaban J connectivity index is 2.26. The fraction of sp³-hybridized carbons (Fsp3) is 0.980. The van der Waals surface area contributed by atoms with Crippen molar-refractivity contribution >= 4 is 5.91 Å². The normalized spacial score (nSPS) is 20.6. The number of carbonyl (C=O) groups is 1. The Bertz CT molecular complexity index is 893. The quantitative estimate of drug-likeness (QED) is 0.0332. The number of aliphatic hydroxyl groups is 5. The number of rotatable bonds is 44. The van der Waals surface area contributed by atoms with Gasteiger partial charge in [-0.2, -0.15) is 0 Å². The Morgan fingerprint density at radius 2 is 0.847 bits per heavy atom. The van der Waals surface area contributed by atoms with E-state index in [1.165, 1.54) is 193 Å². The number of hydrogen-bond acceptors (Lipinski definition) is 8. The van der Waals surface area contributed by atoms with Crippen LogP contribution in [0.3, 0.4) is 0 Å². The lowest BCUT2D eigenvalue weighted by Gasteiger charge is -2.40. The molecule has 7 unspecified atom stereocenters. The molecule has 1 heterocycles. The molecule has 9 nitrogen and oxygen atoms in total. The molecule has 0 radical (unpaired) electrons. The van der Waals surface area contributed by atoms with Gasteiger partial charge in [-0.3, -0.25) is 4.79 Å². The molecule has 0 aromatic heterocycles. The lowest BCUT2D eigenvalue weighted by atomic mass is 9.99. The second-order valence-electron chi connectivity index (χ2n) is 18.3. The molecule has 1 aliphatic heterocycles. The van der Waals surface area contributed by atoms with E-state index < -0.39 is 49.5 Å². The zero-order chi connectivity index (χ0) is 43.0. The number of amides is 1. The average Bonchev–Trinajstić information content (AvgIpc) is 3.23. The van der Waals surface area contributed by atoms with Crippen molar-refractivity contribution in [2.75, 3.05) is 13.2 Å². The van der Waals surface area contributed by atoms with Gasteiger partial charge in [-0.1, -0.05) is 239 Å². The van der Waals surface area contributed by atoms with Crippen molar-refractivity contribution in [3.05, 3.63) is 0 Å². The third kappa shape index (κ3) is 31.6. The van der Waals surface area contributed by atoms with Gasteiger partial charge < -0.3 is 40.3 Å². The van der Waals surface area contributed by atoms with Gasteiger partial charge in [0.15, 0.2) is 6.29 Å². The maximum Gasteiger partial charge on any atom is 0.220 e. The lowest BCUT2D eigenvalue weighted by Crippen LogP contribution is -2.60. The van der Waals surface area contributed by atoms with E-state index in [0.29, 0.717) is 12.8 Å². The number of ether oxygens (including phenoxy) is 2. The predicted molar refractivity (Wildman–Crippen MR) is 244 cm³/mol. The maximum atomic E-state index is 13.0. The van der Waals surface area contributed by atoms with Crippen molar-refractivity contribution < 1.29 is 39.8 Å². The molecule has 6 N–H and O–H groups in total. The summed E-state index contributed by atoms with van der Waals surface area (Å²) in [5.74, 6) is -0.138. The predicted octanol–water partition coefficient (Wildman–Crippen LogP) is 11.5. The summed E-state index contributed by atoms with van der Waals surface area (Å²) in [6.45, 7) is 3.87. The van der Waals surface area contributed by atoms with Gasteiger partial charge in [0.2, 0.25) is 5.91 Å². The van der Waals surface area contributed by atoms with Crippen LogP contribution >= 0.6 is 0 Å². The standard InChI is InChI=1S/C50H99NO8/c1-3-5-7-9-11-13-15-17-19-21-22-24-25-27-29-31-33-35-37-39-44(53)43(42-58-50-49(57)48(56)47(55)45(41-52)59-50)51-46(54)40-38-36-34-32-30-28-26-23-20-18-16-14-12-10-8-6-4-2/h43-45,47-50,52-53,55-57H,3-42H2,1-2H3,(H,51,54). The van der Waals surface area contributed by atoms with Crippen LogP contribution in [0.15, 0.2) is 0 Å². The highest BCUT2D eigenvalue weighted by molar-refractivity contribution is 5.76. The third-order valence-corrected chi connectivity index (χ3v) is 12.7. The Kier molecular flexibility index (Phi) is 39.3. The van der Waals surface area contributed by atoms with Crippen LogP contribution in [-0.2, 0) is 14.3 Å². The van der Waals surface area contributed by atoms with Crippen LogP contribution in [-0.4, -0.2) is 87.5 Å². The van der Waals surface area contributed by atoms with Gasteiger partial charge in [0, 0.05) is 6.42 Å². The van der Waals surface area contributed by atoms with Crippen molar-refractivity contribution in [2.24, 2.45) is 0 Å². The van der Waals surface area contributed by atoms with E-state index in [-0.39, 0.29) is 12.5 Å². The van der Waals surface area contributed by atoms with Gasteiger partial charge in [0.1, 0.15) is 24.4 Å². The van der Waals surface area contributed by atoms with Crippen LogP contribution in [0.5, 0.6) is 0 Å². The van der Waals surface area contributed by atoms with Gasteiger partial charge in [0.05, 0.1) is 25.4 Å². The number of hydrogen-bond donors (Lipinski definition) is 6. The summed E-state index contributed by atoms with van der Waals surface area (Å²) in [6, 6.07) is -0.712. The van der Waals surface area contributed by atoms with Crippen molar-refractivity contribution in [1.82, 2.24) is 5.32 Å². The number of nitrogens with one attached hydrogen (secondary N) is 1. The Labute approximate surface area is 364 Å². The minimum absolute atomic E-state index is 0.131. The van der Waals surface area contributed by atoms with Crippen molar-refractivity contribution in [2.45, 2.75) is 301 Å². The third-order valence-electron chi connectivity index (χ3n) is 12.7. The summed E-state index contributed by atoms with van der Waals surface area (Å²) in [5, 5.41) is 54.5. The minimum atomic E-state index is -1.55. The molecule has 0 aromatic rings. The summed E-state index contributed by atoms with van der Waals surface area (Å²) < 4.78 is 11.3. The molecular formula is C50H99NO8. The fourth-order valence-electron chi connectivity index (χ4n) is 8.58. The molecule has 0 aliphatic carbocycles. The SMILES string of the molecule is CCCCCCCCCCCCCCCCCCCCCC(O)C(COC1OC(CO)C(O)C(O)C1O)NC(=O)CCCCCCCCCCCCCCCCCCC. The van der Waals surface area contributed by atoms with E-state index in [9.17, 15) is 30.3 Å². The van der Waals surface area contributed by atoms with Crippen LogP contribution in [0.1, 0.15) is 258 Å². The molecule has 7 atom stereocenters. The number of unbranched alkanes of at least 4 members (excludes halogenated alkanes) is 34. The fourth-order valence-corrected chi connectivity index (χ4v) is 8.58. The van der Waals surface area contributed by atoms with Gasteiger partial charge in [-0.05, 0) is 12.8 Å². The molecule has 0 bridgehead atoms. The van der Waals surface area contributed by atoms with Crippen LogP contribution in [0.4, 0.5) is 0 Å². The average molecular weight is 842 g/mol. The highest BCUT2D eigenvalue weighted by atomic mass is 16.7. The molecule has 1 fully saturated rings. The summed E-state index contributed by atoms with van der Waals surface area (Å²) >= 11 is 0. The molecular weight excluding hydrogens is 743 g/mol. The summed E-state index contributed by atoms with van der Waals surface area (Å²) in [6.07, 6.45) is 39.7. The number of carbonyl (C=O) groups excluding carboxylic acids is 1. The van der Waals surface area contributed by atoms with Gasteiger partial charge in [-0.25, -0.2) is 0 Å². The second kappa shape index (κ2) is 41.2. The number of aliphatic hydroxyl groups excluding tert-OH is 5. The second-order valence-corrected chi connectivity index (χ2v) is 18.3. The topological polar surface area (TPSA) is 149 Å². The highest BCUT2D eigenvalue weighted by Gasteiger charge is 2.44. The zero-order valence-electron chi connectivity index (χ0n) is 38.8. The first-order valence-corrected chi connectivity index (χ1v) is 25.7. The van der Waals surface area contributed by atoms with Crippen LogP contribution in [0, 0.1) is 0 Å². The van der Waals surface area contributed by atoms with E-state index in [2.05, 4.69) is 19.2 Å². The molecule has 1 saturated heterocycles. The van der Waals surface area contributed by atoms with Gasteiger partial charge >= 0.3 is 0 Å². The summed E-state index contributed by atoms with van der Waals surface area (Å²) in [4.78, 5) is 13.0. The largest absolute Gasteiger partial charge is 0.394 e. The van der Waals surface area contributed by atoms with Crippen molar-refractivity contribution in [3.8, 4) is 0 Å². The first-order chi connectivity index (χ1) is 28.8. The Hall–Kier alpha value is -0.810. The Morgan fingerprint density at radius 3 is 1.20 bits per heavy atom. The molecule has 9 heteroatoms. The van der Waals surface area contributed by atoms with Crippen LogP contribution in [0.2, 0.25) is 0 Å². The summed E-state index contributed by atoms with van der Waals surface area (Å²) in [7, 11) is 0. The van der Waals surface area contributed by atoms with E-state index in [1.54, 1.807) is 0 Å². The molecule has 1 rings (SSSR count). The smallest absolute Gasteiger partial charge is 0.220 e. The lowest BCUT2D eigenvalue weighted by molar-refractivity contribution is -0.302. The first kappa shape index (κ1) is 56.2. The van der Waals surface area contributed by atoms with Crippen molar-refractivity contribution in [1.29, 1.82) is 0 Å². The first-order valence-electron chi connectivity index (χ1n) is 25.7. The zero-order valence-corrected chi connectivity index (χ0v) is 38.8. The summed E-state index contributed by atoms with van der Waals surface area (Å²) in [5.41, 5.74) is 0. The van der Waals surface area contributed by atoms with E-state index in [0.717, 1.165) is 38.5 Å². The van der Waals surface area contributed by atoms with Crippen molar-refractivity contribution in [3.63, 3.8) is 0 Å². The molecule has 59 heavy (non-hydrogen) atoms. The van der Waals surface area contributed by atoms with E-state index >= 15 is 0 Å². The highest BCUT2D eigenvalue weighted by Crippen LogP contribution is 2.23. The van der Waals surface area contributed by atoms with Gasteiger partial charge in [0.25, 0.3) is 0 Å². The van der Waals surface area contributed by atoms with Crippen LogP contribution in [0.25, 0.3) is 0 Å². The molecule has 0 spiro atoms. The monoisotopic (exact) mass is 842 g/mol. The van der Waals surface area contributed by atoms with Gasteiger partial charge in [-0.15, -0.1) is 0 Å². The molecule has 352 valence electrons. The molecule has 0 saturated carbocycles. The molecule has 1 aliphatic rings.